The molecule has 136 valence electrons. The van der Waals surface area contributed by atoms with Crippen molar-refractivity contribution >= 4 is 51.7 Å². The van der Waals surface area contributed by atoms with Gasteiger partial charge in [0, 0.05) is 11.1 Å². The lowest BCUT2D eigenvalue weighted by molar-refractivity contribution is -0.111. The highest BCUT2D eigenvalue weighted by atomic mass is 35.5. The summed E-state index contributed by atoms with van der Waals surface area (Å²) >= 11 is 7.11. The SMILES string of the molecule is CCOC(=O)c1c(NC(=O)/C=C/c2ccccc2Cl)sc(C(C)=O)c1C. The minimum Gasteiger partial charge on any atom is -0.462 e. The second-order valence-corrected chi connectivity index (χ2v) is 6.81. The van der Waals surface area contributed by atoms with Crippen molar-refractivity contribution in [2.75, 3.05) is 11.9 Å². The van der Waals surface area contributed by atoms with Gasteiger partial charge in [0.25, 0.3) is 0 Å². The van der Waals surface area contributed by atoms with Crippen LogP contribution in [0.4, 0.5) is 5.00 Å². The van der Waals surface area contributed by atoms with Crippen LogP contribution < -0.4 is 5.32 Å². The van der Waals surface area contributed by atoms with E-state index >= 15 is 0 Å². The van der Waals surface area contributed by atoms with Crippen LogP contribution in [0.2, 0.25) is 5.02 Å². The second kappa shape index (κ2) is 8.78. The number of hydrogen-bond acceptors (Lipinski definition) is 5. The van der Waals surface area contributed by atoms with E-state index in [2.05, 4.69) is 5.32 Å². The van der Waals surface area contributed by atoms with E-state index in [4.69, 9.17) is 16.3 Å². The summed E-state index contributed by atoms with van der Waals surface area (Å²) in [4.78, 5) is 36.6. The summed E-state index contributed by atoms with van der Waals surface area (Å²) in [6, 6.07) is 7.10. The number of amides is 1. The number of esters is 1. The van der Waals surface area contributed by atoms with Crippen molar-refractivity contribution in [2.24, 2.45) is 0 Å². The summed E-state index contributed by atoms with van der Waals surface area (Å²) in [5.41, 5.74) is 1.41. The van der Waals surface area contributed by atoms with E-state index in [-0.39, 0.29) is 18.0 Å². The van der Waals surface area contributed by atoms with Crippen LogP contribution in [0.1, 0.15) is 45.0 Å². The zero-order valence-corrected chi connectivity index (χ0v) is 16.2. The van der Waals surface area contributed by atoms with E-state index in [9.17, 15) is 14.4 Å². The molecular formula is C19H18ClNO4S. The highest BCUT2D eigenvalue weighted by Gasteiger charge is 2.24. The molecule has 5 nitrogen and oxygen atoms in total. The van der Waals surface area contributed by atoms with Gasteiger partial charge in [0.1, 0.15) is 5.00 Å². The molecule has 2 aromatic rings. The Morgan fingerprint density at radius 1 is 1.27 bits per heavy atom. The number of nitrogens with one attached hydrogen (secondary N) is 1. The standard InChI is InChI=1S/C19H18ClNO4S/c1-4-25-19(24)16-11(2)17(12(3)22)26-18(16)21-15(23)10-9-13-7-5-6-8-14(13)20/h5-10H,4H2,1-3H3,(H,21,23)/b10-9+. The van der Waals surface area contributed by atoms with Crippen LogP contribution in [0.25, 0.3) is 6.08 Å². The zero-order chi connectivity index (χ0) is 19.3. The molecule has 0 spiro atoms. The van der Waals surface area contributed by atoms with Crippen LogP contribution in [0, 0.1) is 6.92 Å². The van der Waals surface area contributed by atoms with Gasteiger partial charge in [-0.2, -0.15) is 0 Å². The van der Waals surface area contributed by atoms with Gasteiger partial charge < -0.3 is 10.1 Å². The smallest absolute Gasteiger partial charge is 0.341 e. The monoisotopic (exact) mass is 391 g/mol. The number of benzene rings is 1. The molecule has 0 saturated carbocycles. The molecule has 2 rings (SSSR count). The van der Waals surface area contributed by atoms with Crippen LogP contribution in [0.5, 0.6) is 0 Å². The Hall–Kier alpha value is -2.44. The normalized spacial score (nSPS) is 10.8. The number of Topliss-reactive ketones (excluding diaryl/α,β-unsaturated/α-hetero) is 1. The van der Waals surface area contributed by atoms with E-state index in [1.54, 1.807) is 38.1 Å². The van der Waals surface area contributed by atoms with Crippen molar-refractivity contribution < 1.29 is 19.1 Å². The molecule has 0 radical (unpaired) electrons. The van der Waals surface area contributed by atoms with Crippen LogP contribution >= 0.6 is 22.9 Å². The van der Waals surface area contributed by atoms with Gasteiger partial charge in [-0.05, 0) is 44.0 Å². The predicted molar refractivity (Wildman–Crippen MR) is 104 cm³/mol. The van der Waals surface area contributed by atoms with Crippen molar-refractivity contribution in [3.8, 4) is 0 Å². The number of halogens is 1. The van der Waals surface area contributed by atoms with Gasteiger partial charge in [-0.25, -0.2) is 4.79 Å². The molecule has 0 aliphatic carbocycles. The minimum absolute atomic E-state index is 0.176. The Kier molecular flexibility index (Phi) is 6.71. The maximum Gasteiger partial charge on any atom is 0.341 e. The average Bonchev–Trinajstić information content (AvgIpc) is 2.90. The molecule has 0 atom stereocenters. The molecule has 0 fully saturated rings. The largest absolute Gasteiger partial charge is 0.462 e. The fourth-order valence-electron chi connectivity index (χ4n) is 2.32. The van der Waals surface area contributed by atoms with Crippen LogP contribution in [0.15, 0.2) is 30.3 Å². The molecule has 0 aliphatic rings. The molecule has 1 heterocycles. The molecule has 1 N–H and O–H groups in total. The second-order valence-electron chi connectivity index (χ2n) is 5.38. The first-order valence-electron chi connectivity index (χ1n) is 7.90. The van der Waals surface area contributed by atoms with E-state index in [0.717, 1.165) is 11.3 Å². The lowest BCUT2D eigenvalue weighted by atomic mass is 10.1. The zero-order valence-electron chi connectivity index (χ0n) is 14.6. The van der Waals surface area contributed by atoms with Crippen LogP contribution in [0.3, 0.4) is 0 Å². The number of carbonyl (C=O) groups excluding carboxylic acids is 3. The fourth-order valence-corrected chi connectivity index (χ4v) is 3.61. The van der Waals surface area contributed by atoms with E-state index in [1.165, 1.54) is 13.0 Å². The molecule has 1 amide bonds. The number of ether oxygens (including phenoxy) is 1. The lowest BCUT2D eigenvalue weighted by Gasteiger charge is -2.05. The third kappa shape index (κ3) is 4.59. The van der Waals surface area contributed by atoms with E-state index in [1.807, 2.05) is 6.07 Å². The number of rotatable bonds is 6. The number of carbonyl (C=O) groups is 3. The molecule has 1 aromatic carbocycles. The number of anilines is 1. The summed E-state index contributed by atoms with van der Waals surface area (Å²) in [5.74, 6) is -1.18. The highest BCUT2D eigenvalue weighted by molar-refractivity contribution is 7.18. The molecule has 0 aliphatic heterocycles. The van der Waals surface area contributed by atoms with Gasteiger partial charge in [0.05, 0.1) is 17.0 Å². The Balaban J connectivity index is 2.29. The van der Waals surface area contributed by atoms with Crippen molar-refractivity contribution in [3.05, 3.63) is 56.9 Å². The van der Waals surface area contributed by atoms with Crippen molar-refractivity contribution in [1.29, 1.82) is 0 Å². The van der Waals surface area contributed by atoms with Gasteiger partial charge >= 0.3 is 5.97 Å². The number of thiophene rings is 1. The van der Waals surface area contributed by atoms with E-state index in [0.29, 0.717) is 26.0 Å². The molecule has 1 aromatic heterocycles. The predicted octanol–water partition coefficient (Wildman–Crippen LogP) is 4.74. The van der Waals surface area contributed by atoms with Crippen molar-refractivity contribution in [1.82, 2.24) is 0 Å². The Morgan fingerprint density at radius 3 is 2.58 bits per heavy atom. The maximum atomic E-state index is 12.2. The Labute approximate surface area is 160 Å². The third-order valence-corrected chi connectivity index (χ3v) is 5.15. The van der Waals surface area contributed by atoms with Crippen LogP contribution in [-0.2, 0) is 9.53 Å². The Morgan fingerprint density at radius 2 is 1.96 bits per heavy atom. The summed E-state index contributed by atoms with van der Waals surface area (Å²) in [6.45, 7) is 4.96. The van der Waals surface area contributed by atoms with Gasteiger partial charge in [-0.3, -0.25) is 9.59 Å². The molecule has 26 heavy (non-hydrogen) atoms. The molecule has 7 heteroatoms. The quantitative estimate of drug-likeness (QED) is 0.438. The van der Waals surface area contributed by atoms with Gasteiger partial charge in [-0.1, -0.05) is 29.8 Å². The molecule has 0 saturated heterocycles. The van der Waals surface area contributed by atoms with Gasteiger partial charge in [0.2, 0.25) is 5.91 Å². The third-order valence-electron chi connectivity index (χ3n) is 3.50. The molecular weight excluding hydrogens is 374 g/mol. The fraction of sp³-hybridized carbons (Fsp3) is 0.211. The number of hydrogen-bond donors (Lipinski definition) is 1. The average molecular weight is 392 g/mol. The summed E-state index contributed by atoms with van der Waals surface area (Å²) < 4.78 is 5.04. The topological polar surface area (TPSA) is 72.5 Å². The van der Waals surface area contributed by atoms with Crippen LogP contribution in [-0.4, -0.2) is 24.3 Å². The van der Waals surface area contributed by atoms with Gasteiger partial charge in [0.15, 0.2) is 5.78 Å². The highest BCUT2D eigenvalue weighted by Crippen LogP contribution is 2.34. The van der Waals surface area contributed by atoms with Crippen molar-refractivity contribution in [3.63, 3.8) is 0 Å². The summed E-state index contributed by atoms with van der Waals surface area (Å²) in [7, 11) is 0. The Bertz CT molecular complexity index is 886. The maximum absolute atomic E-state index is 12.2. The first-order chi connectivity index (χ1) is 12.3. The first kappa shape index (κ1) is 19.9. The summed E-state index contributed by atoms with van der Waals surface area (Å²) in [5, 5.41) is 3.47. The number of ketones is 1. The summed E-state index contributed by atoms with van der Waals surface area (Å²) in [6.07, 6.45) is 2.90. The van der Waals surface area contributed by atoms with E-state index < -0.39 is 11.9 Å². The minimum atomic E-state index is -0.570. The first-order valence-corrected chi connectivity index (χ1v) is 9.09. The van der Waals surface area contributed by atoms with Crippen molar-refractivity contribution in [2.45, 2.75) is 20.8 Å². The van der Waals surface area contributed by atoms with Gasteiger partial charge in [-0.15, -0.1) is 11.3 Å². The molecule has 0 unspecified atom stereocenters. The lowest BCUT2D eigenvalue weighted by Crippen LogP contribution is -2.12. The molecule has 0 bridgehead atoms.